The van der Waals surface area contributed by atoms with Crippen molar-refractivity contribution in [2.75, 3.05) is 0 Å². The highest BCUT2D eigenvalue weighted by atomic mass is 16.4. The summed E-state index contributed by atoms with van der Waals surface area (Å²) >= 11 is 0. The van der Waals surface area contributed by atoms with E-state index < -0.39 is 11.9 Å². The van der Waals surface area contributed by atoms with E-state index in [2.05, 4.69) is 19.7 Å². The first kappa shape index (κ1) is 19.0. The van der Waals surface area contributed by atoms with Crippen LogP contribution >= 0.6 is 0 Å². The summed E-state index contributed by atoms with van der Waals surface area (Å²) in [6.07, 6.45) is 5.57. The highest BCUT2D eigenvalue weighted by molar-refractivity contribution is 5.89. The molecular formula is C11H13NO4. The number of nitrogens with zero attached hydrogens (tertiary/aromatic N) is 1. The van der Waals surface area contributed by atoms with E-state index in [9.17, 15) is 9.59 Å². The van der Waals surface area contributed by atoms with Crippen LogP contribution < -0.4 is 0 Å². The predicted octanol–water partition coefficient (Wildman–Crippen LogP) is 1.77. The Hall–Kier alpha value is -2.61. The Kier molecular flexibility index (Phi) is 21.7. The maximum Gasteiger partial charge on any atom is 0.328 e. The van der Waals surface area contributed by atoms with E-state index >= 15 is 0 Å². The van der Waals surface area contributed by atoms with Gasteiger partial charge in [0, 0.05) is 18.2 Å². The van der Waals surface area contributed by atoms with Gasteiger partial charge in [-0.2, -0.15) is 5.26 Å². The minimum absolute atomic E-state index is 0.558. The molecule has 0 aromatic carbocycles. The number of hydrogen-bond acceptors (Lipinski definition) is 3. The standard InChI is InChI=1S/C4H4O4.C4H6.C3H3N/c5-3(6)1-2-4(7)8;1-3-4-2;1-2-3-4/h1-2H,(H,5,6)(H,7,8);3-4H,1-2H2;2H,1H2/b2-1+;;. The first-order valence-corrected chi connectivity index (χ1v) is 3.84. The summed E-state index contributed by atoms with van der Waals surface area (Å²) in [6, 6.07) is 1.69. The Labute approximate surface area is 93.9 Å². The number of nitriles is 1. The number of hydrogen-bond donors (Lipinski definition) is 2. The van der Waals surface area contributed by atoms with Crippen LogP contribution in [-0.2, 0) is 9.59 Å². The van der Waals surface area contributed by atoms with E-state index in [1.165, 1.54) is 6.08 Å². The third-order valence-corrected chi connectivity index (χ3v) is 0.626. The third-order valence-electron chi connectivity index (χ3n) is 0.626. The summed E-state index contributed by atoms with van der Waals surface area (Å²) in [5, 5.41) is 23.1. The Bertz CT molecular complexity index is 288. The molecule has 0 aliphatic rings. The summed E-state index contributed by atoms with van der Waals surface area (Å²) in [6.45, 7) is 9.84. The van der Waals surface area contributed by atoms with E-state index in [-0.39, 0.29) is 0 Å². The Balaban J connectivity index is -0.000000179. The van der Waals surface area contributed by atoms with Gasteiger partial charge in [0.25, 0.3) is 0 Å². The zero-order valence-electron chi connectivity index (χ0n) is 8.67. The van der Waals surface area contributed by atoms with Crippen LogP contribution in [0.2, 0.25) is 0 Å². The fraction of sp³-hybridized carbons (Fsp3) is 0. The Morgan fingerprint density at radius 3 is 1.31 bits per heavy atom. The minimum atomic E-state index is -1.26. The topological polar surface area (TPSA) is 98.4 Å². The van der Waals surface area contributed by atoms with Crippen LogP contribution in [-0.4, -0.2) is 22.2 Å². The number of carboxylic acid groups (broad SMARTS) is 2. The molecule has 0 aromatic heterocycles. The van der Waals surface area contributed by atoms with E-state index in [1.807, 2.05) is 0 Å². The lowest BCUT2D eigenvalue weighted by atomic mass is 10.5. The summed E-state index contributed by atoms with van der Waals surface area (Å²) in [4.78, 5) is 19.1. The molecule has 86 valence electrons. The van der Waals surface area contributed by atoms with Crippen LogP contribution in [0.4, 0.5) is 0 Å². The van der Waals surface area contributed by atoms with Gasteiger partial charge in [0.15, 0.2) is 0 Å². The van der Waals surface area contributed by atoms with Crippen molar-refractivity contribution in [1.29, 1.82) is 5.26 Å². The quantitative estimate of drug-likeness (QED) is 0.431. The zero-order valence-corrected chi connectivity index (χ0v) is 8.67. The number of aliphatic carboxylic acids is 2. The molecule has 0 aromatic rings. The van der Waals surface area contributed by atoms with Crippen LogP contribution in [0.1, 0.15) is 0 Å². The summed E-state index contributed by atoms with van der Waals surface area (Å²) in [5.74, 6) is -2.51. The SMILES string of the molecule is C=CC#N.C=CC=C.O=C(O)/C=C/C(=O)O. The van der Waals surface area contributed by atoms with Gasteiger partial charge in [-0.05, 0) is 0 Å². The van der Waals surface area contributed by atoms with Crippen molar-refractivity contribution < 1.29 is 19.8 Å². The summed E-state index contributed by atoms with van der Waals surface area (Å²) in [7, 11) is 0. The molecule has 0 radical (unpaired) electrons. The molecule has 0 aliphatic heterocycles. The van der Waals surface area contributed by atoms with Crippen molar-refractivity contribution in [3.63, 3.8) is 0 Å². The van der Waals surface area contributed by atoms with Gasteiger partial charge in [-0.3, -0.25) is 0 Å². The molecule has 0 bridgehead atoms. The number of carbonyl (C=O) groups is 2. The summed E-state index contributed by atoms with van der Waals surface area (Å²) < 4.78 is 0. The molecule has 0 rings (SSSR count). The minimum Gasteiger partial charge on any atom is -0.478 e. The molecular weight excluding hydrogens is 210 g/mol. The zero-order chi connectivity index (χ0) is 13.4. The molecule has 0 unspecified atom stereocenters. The lowest BCUT2D eigenvalue weighted by molar-refractivity contribution is -0.134. The van der Waals surface area contributed by atoms with Crippen LogP contribution in [0.5, 0.6) is 0 Å². The van der Waals surface area contributed by atoms with Gasteiger partial charge in [0.05, 0.1) is 6.07 Å². The van der Waals surface area contributed by atoms with Crippen molar-refractivity contribution >= 4 is 11.9 Å². The Morgan fingerprint density at radius 1 is 1.00 bits per heavy atom. The fourth-order valence-corrected chi connectivity index (χ4v) is 0.143. The molecule has 16 heavy (non-hydrogen) atoms. The maximum absolute atomic E-state index is 9.55. The molecule has 0 saturated heterocycles. The van der Waals surface area contributed by atoms with Crippen molar-refractivity contribution in [3.05, 3.63) is 50.1 Å². The van der Waals surface area contributed by atoms with Gasteiger partial charge in [-0.25, -0.2) is 9.59 Å². The van der Waals surface area contributed by atoms with Gasteiger partial charge in [-0.15, -0.1) is 0 Å². The molecule has 0 spiro atoms. The molecule has 0 atom stereocenters. The molecule has 0 amide bonds. The van der Waals surface area contributed by atoms with Gasteiger partial charge >= 0.3 is 11.9 Å². The highest BCUT2D eigenvalue weighted by Crippen LogP contribution is 1.70. The monoisotopic (exact) mass is 223 g/mol. The average molecular weight is 223 g/mol. The average Bonchev–Trinajstić information content (AvgIpc) is 2.27. The molecule has 5 nitrogen and oxygen atoms in total. The molecule has 5 heteroatoms. The predicted molar refractivity (Wildman–Crippen MR) is 60.6 cm³/mol. The number of rotatable bonds is 3. The lowest BCUT2D eigenvalue weighted by Gasteiger charge is -1.74. The highest BCUT2D eigenvalue weighted by Gasteiger charge is 1.88. The molecule has 0 aliphatic carbocycles. The first-order chi connectivity index (χ1) is 7.45. The molecule has 0 heterocycles. The Morgan fingerprint density at radius 2 is 1.25 bits per heavy atom. The third kappa shape index (κ3) is 63.8. The van der Waals surface area contributed by atoms with Crippen molar-refractivity contribution in [2.45, 2.75) is 0 Å². The van der Waals surface area contributed by atoms with Crippen molar-refractivity contribution in [2.24, 2.45) is 0 Å². The normalized spacial score (nSPS) is 6.94. The smallest absolute Gasteiger partial charge is 0.328 e. The largest absolute Gasteiger partial charge is 0.478 e. The van der Waals surface area contributed by atoms with Crippen LogP contribution in [0.15, 0.2) is 50.1 Å². The van der Waals surface area contributed by atoms with E-state index in [4.69, 9.17) is 15.5 Å². The van der Waals surface area contributed by atoms with Crippen molar-refractivity contribution in [3.8, 4) is 6.07 Å². The number of carboxylic acids is 2. The van der Waals surface area contributed by atoms with Crippen LogP contribution in [0.3, 0.4) is 0 Å². The summed E-state index contributed by atoms with van der Waals surface area (Å²) in [5.41, 5.74) is 0. The van der Waals surface area contributed by atoms with Gasteiger partial charge < -0.3 is 10.2 Å². The second-order valence-electron chi connectivity index (χ2n) is 1.81. The van der Waals surface area contributed by atoms with Crippen LogP contribution in [0, 0.1) is 11.3 Å². The van der Waals surface area contributed by atoms with E-state index in [0.717, 1.165) is 0 Å². The van der Waals surface area contributed by atoms with Gasteiger partial charge in [0.2, 0.25) is 0 Å². The van der Waals surface area contributed by atoms with Gasteiger partial charge in [0.1, 0.15) is 0 Å². The fourth-order valence-electron chi connectivity index (χ4n) is 0.143. The number of allylic oxidation sites excluding steroid dienone is 3. The molecule has 0 fully saturated rings. The van der Waals surface area contributed by atoms with Gasteiger partial charge in [-0.1, -0.05) is 31.9 Å². The lowest BCUT2D eigenvalue weighted by Crippen LogP contribution is -1.91. The van der Waals surface area contributed by atoms with E-state index in [1.54, 1.807) is 18.2 Å². The van der Waals surface area contributed by atoms with Crippen LogP contribution in [0.25, 0.3) is 0 Å². The molecule has 2 N–H and O–H groups in total. The molecule has 0 saturated carbocycles. The second-order valence-corrected chi connectivity index (χ2v) is 1.81. The second kappa shape index (κ2) is 18.2. The maximum atomic E-state index is 9.55. The van der Waals surface area contributed by atoms with E-state index in [0.29, 0.717) is 12.2 Å². The van der Waals surface area contributed by atoms with Crippen molar-refractivity contribution in [1.82, 2.24) is 0 Å². The first-order valence-electron chi connectivity index (χ1n) is 3.84.